The lowest BCUT2D eigenvalue weighted by Gasteiger charge is -2.13. The van der Waals surface area contributed by atoms with Crippen molar-refractivity contribution in [3.05, 3.63) is 92.9 Å². The Kier molecular flexibility index (Phi) is 9.82. The normalized spacial score (nSPS) is 10.3. The van der Waals surface area contributed by atoms with Crippen LogP contribution in [0.4, 0.5) is 0 Å². The summed E-state index contributed by atoms with van der Waals surface area (Å²) in [4.78, 5) is 0. The average molecular weight is 497 g/mol. The molecule has 0 saturated carbocycles. The summed E-state index contributed by atoms with van der Waals surface area (Å²) in [5, 5.41) is 4.23. The number of methoxy groups -OCH3 is 1. The van der Waals surface area contributed by atoms with Crippen molar-refractivity contribution in [2.24, 2.45) is 0 Å². The summed E-state index contributed by atoms with van der Waals surface area (Å²) in [5.74, 6) is 1.77. The van der Waals surface area contributed by atoms with E-state index in [4.69, 9.17) is 21.1 Å². The fourth-order valence-corrected chi connectivity index (χ4v) is 3.35. The Morgan fingerprint density at radius 3 is 2.31 bits per heavy atom. The molecule has 0 amide bonds. The third-order valence-corrected chi connectivity index (χ3v) is 5.14. The molecule has 0 spiro atoms. The predicted molar refractivity (Wildman–Crippen MR) is 126 cm³/mol. The van der Waals surface area contributed by atoms with E-state index in [1.54, 1.807) is 7.11 Å². The second kappa shape index (κ2) is 12.1. The van der Waals surface area contributed by atoms with Crippen LogP contribution in [0, 0.1) is 0 Å². The van der Waals surface area contributed by atoms with Crippen molar-refractivity contribution in [3.8, 4) is 11.5 Å². The van der Waals surface area contributed by atoms with Crippen LogP contribution in [0.2, 0.25) is 5.02 Å². The summed E-state index contributed by atoms with van der Waals surface area (Å²) in [7, 11) is 1.68. The predicted octanol–water partition coefficient (Wildman–Crippen LogP) is 6.44. The Bertz CT molecular complexity index is 886. The van der Waals surface area contributed by atoms with Gasteiger partial charge in [0.15, 0.2) is 0 Å². The molecule has 0 aromatic heterocycles. The minimum absolute atomic E-state index is 0. The van der Waals surface area contributed by atoms with E-state index < -0.39 is 0 Å². The van der Waals surface area contributed by atoms with Gasteiger partial charge >= 0.3 is 0 Å². The van der Waals surface area contributed by atoms with Crippen LogP contribution in [0.5, 0.6) is 11.5 Å². The van der Waals surface area contributed by atoms with Gasteiger partial charge in [-0.05, 0) is 66.6 Å². The highest BCUT2D eigenvalue weighted by Crippen LogP contribution is 2.24. The van der Waals surface area contributed by atoms with Crippen LogP contribution < -0.4 is 14.8 Å². The summed E-state index contributed by atoms with van der Waals surface area (Å²) < 4.78 is 12.3. The second-order valence-corrected chi connectivity index (χ2v) is 7.79. The van der Waals surface area contributed by atoms with Crippen molar-refractivity contribution in [2.45, 2.75) is 19.6 Å². The van der Waals surface area contributed by atoms with Crippen LogP contribution in [-0.4, -0.2) is 13.7 Å². The molecule has 3 rings (SSSR count). The summed E-state index contributed by atoms with van der Waals surface area (Å²) >= 11 is 9.49. The number of rotatable bonds is 9. The fraction of sp³-hybridized carbons (Fsp3) is 0.217. The van der Waals surface area contributed by atoms with E-state index in [1.807, 2.05) is 48.5 Å². The molecule has 0 atom stereocenters. The van der Waals surface area contributed by atoms with Crippen molar-refractivity contribution in [1.29, 1.82) is 0 Å². The Hall–Kier alpha value is -1.72. The zero-order valence-corrected chi connectivity index (χ0v) is 19.3. The summed E-state index contributed by atoms with van der Waals surface area (Å²) in [6, 6.07) is 22.0. The molecule has 3 aromatic rings. The molecule has 0 saturated heterocycles. The van der Waals surface area contributed by atoms with E-state index in [0.29, 0.717) is 6.61 Å². The van der Waals surface area contributed by atoms with Gasteiger partial charge in [-0.2, -0.15) is 0 Å². The Morgan fingerprint density at radius 1 is 0.931 bits per heavy atom. The first-order chi connectivity index (χ1) is 13.6. The zero-order chi connectivity index (χ0) is 19.8. The Balaban J connectivity index is 0.00000300. The van der Waals surface area contributed by atoms with Gasteiger partial charge in [0.05, 0.1) is 7.11 Å². The highest BCUT2D eigenvalue weighted by Gasteiger charge is 2.06. The molecule has 3 aromatic carbocycles. The molecule has 0 aliphatic carbocycles. The molecule has 154 valence electrons. The molecule has 0 radical (unpaired) electrons. The lowest BCUT2D eigenvalue weighted by Crippen LogP contribution is -2.17. The molecule has 6 heteroatoms. The van der Waals surface area contributed by atoms with Gasteiger partial charge in [0.25, 0.3) is 0 Å². The van der Waals surface area contributed by atoms with E-state index in [1.165, 1.54) is 5.56 Å². The monoisotopic (exact) mass is 495 g/mol. The molecule has 0 unspecified atom stereocenters. The standard InChI is InChI=1S/C23H23BrClNO2.ClH/c1-27-22-9-4-17(5-10-22)12-13-26-15-19-14-20(24)6-11-23(19)28-16-18-2-7-21(25)8-3-18;/h2-11,14,26H,12-13,15-16H2,1H3;1H. The number of hydrogen-bond donors (Lipinski definition) is 1. The number of benzene rings is 3. The summed E-state index contributed by atoms with van der Waals surface area (Å²) in [6.45, 7) is 2.14. The van der Waals surface area contributed by atoms with E-state index >= 15 is 0 Å². The van der Waals surface area contributed by atoms with E-state index in [0.717, 1.165) is 51.6 Å². The third kappa shape index (κ3) is 7.56. The highest BCUT2D eigenvalue weighted by atomic mass is 79.9. The first-order valence-corrected chi connectivity index (χ1v) is 10.3. The highest BCUT2D eigenvalue weighted by molar-refractivity contribution is 9.10. The van der Waals surface area contributed by atoms with E-state index in [-0.39, 0.29) is 12.4 Å². The second-order valence-electron chi connectivity index (χ2n) is 6.44. The van der Waals surface area contributed by atoms with Gasteiger partial charge < -0.3 is 14.8 Å². The van der Waals surface area contributed by atoms with Crippen molar-refractivity contribution >= 4 is 39.9 Å². The van der Waals surface area contributed by atoms with Crippen LogP contribution in [0.1, 0.15) is 16.7 Å². The first kappa shape index (κ1) is 23.6. The van der Waals surface area contributed by atoms with Gasteiger partial charge in [-0.3, -0.25) is 0 Å². The van der Waals surface area contributed by atoms with Gasteiger partial charge in [-0.15, -0.1) is 12.4 Å². The van der Waals surface area contributed by atoms with Crippen LogP contribution in [0.25, 0.3) is 0 Å². The lowest BCUT2D eigenvalue weighted by molar-refractivity contribution is 0.302. The fourth-order valence-electron chi connectivity index (χ4n) is 2.82. The van der Waals surface area contributed by atoms with E-state index in [9.17, 15) is 0 Å². The van der Waals surface area contributed by atoms with Crippen LogP contribution in [0.3, 0.4) is 0 Å². The topological polar surface area (TPSA) is 30.5 Å². The van der Waals surface area contributed by atoms with Gasteiger partial charge in [0.1, 0.15) is 18.1 Å². The molecule has 29 heavy (non-hydrogen) atoms. The van der Waals surface area contributed by atoms with Crippen molar-refractivity contribution in [3.63, 3.8) is 0 Å². The molecule has 3 nitrogen and oxygen atoms in total. The molecule has 0 aliphatic rings. The van der Waals surface area contributed by atoms with Crippen molar-refractivity contribution in [1.82, 2.24) is 5.32 Å². The molecular formula is C23H24BrCl2NO2. The smallest absolute Gasteiger partial charge is 0.124 e. The van der Waals surface area contributed by atoms with Crippen LogP contribution >= 0.6 is 39.9 Å². The van der Waals surface area contributed by atoms with Crippen molar-refractivity contribution in [2.75, 3.05) is 13.7 Å². The maximum Gasteiger partial charge on any atom is 0.124 e. The largest absolute Gasteiger partial charge is 0.497 e. The van der Waals surface area contributed by atoms with Crippen molar-refractivity contribution < 1.29 is 9.47 Å². The van der Waals surface area contributed by atoms with Gasteiger partial charge in [-0.1, -0.05) is 51.8 Å². The number of ether oxygens (including phenoxy) is 2. The minimum Gasteiger partial charge on any atom is -0.497 e. The molecule has 0 heterocycles. The Morgan fingerprint density at radius 2 is 1.62 bits per heavy atom. The number of nitrogens with one attached hydrogen (secondary N) is 1. The maximum atomic E-state index is 6.04. The lowest BCUT2D eigenvalue weighted by atomic mass is 10.1. The quantitative estimate of drug-likeness (QED) is 0.345. The van der Waals surface area contributed by atoms with Gasteiger partial charge in [-0.25, -0.2) is 0 Å². The van der Waals surface area contributed by atoms with Gasteiger partial charge in [0.2, 0.25) is 0 Å². The van der Waals surface area contributed by atoms with E-state index in [2.05, 4.69) is 39.4 Å². The summed E-state index contributed by atoms with van der Waals surface area (Å²) in [6.07, 6.45) is 0.957. The van der Waals surface area contributed by atoms with Crippen LogP contribution in [0.15, 0.2) is 71.2 Å². The van der Waals surface area contributed by atoms with Gasteiger partial charge in [0, 0.05) is 21.6 Å². The minimum atomic E-state index is 0. The number of halogens is 3. The Labute approximate surface area is 191 Å². The molecular weight excluding hydrogens is 473 g/mol. The molecule has 0 fully saturated rings. The summed E-state index contributed by atoms with van der Waals surface area (Å²) in [5.41, 5.74) is 3.49. The average Bonchev–Trinajstić information content (AvgIpc) is 2.72. The SMILES string of the molecule is COc1ccc(CCNCc2cc(Br)ccc2OCc2ccc(Cl)cc2)cc1.Cl. The maximum absolute atomic E-state index is 6.04. The third-order valence-electron chi connectivity index (χ3n) is 4.40. The molecule has 1 N–H and O–H groups in total. The molecule has 0 bridgehead atoms. The van der Waals surface area contributed by atoms with Crippen LogP contribution in [-0.2, 0) is 19.6 Å². The number of hydrogen-bond acceptors (Lipinski definition) is 3. The first-order valence-electron chi connectivity index (χ1n) is 9.13. The molecule has 0 aliphatic heterocycles. The zero-order valence-electron chi connectivity index (χ0n) is 16.2.